The van der Waals surface area contributed by atoms with Crippen molar-refractivity contribution < 1.29 is 5.11 Å². The number of rotatable bonds is 1. The fourth-order valence-corrected chi connectivity index (χ4v) is 3.05. The summed E-state index contributed by atoms with van der Waals surface area (Å²) in [7, 11) is 0. The van der Waals surface area contributed by atoms with E-state index in [0.29, 0.717) is 5.92 Å². The molecule has 2 aromatic rings. The number of benzene rings is 1. The first-order valence-electron chi connectivity index (χ1n) is 6.58. The molecule has 1 aliphatic carbocycles. The summed E-state index contributed by atoms with van der Waals surface area (Å²) in [6, 6.07) is 8.45. The Hall–Kier alpha value is -1.28. The van der Waals surface area contributed by atoms with Gasteiger partial charge in [0.25, 0.3) is 0 Å². The van der Waals surface area contributed by atoms with Gasteiger partial charge < -0.3 is 10.1 Å². The number of hydrogen-bond acceptors (Lipinski definition) is 1. The second-order valence-electron chi connectivity index (χ2n) is 5.16. The summed E-state index contributed by atoms with van der Waals surface area (Å²) in [6.45, 7) is 0. The van der Waals surface area contributed by atoms with Crippen molar-refractivity contribution in [3.8, 4) is 0 Å². The van der Waals surface area contributed by atoms with Crippen molar-refractivity contribution in [3.05, 3.63) is 36.0 Å². The summed E-state index contributed by atoms with van der Waals surface area (Å²) in [5.74, 6) is 0.517. The summed E-state index contributed by atoms with van der Waals surface area (Å²) in [5.41, 5.74) is 2.60. The predicted octanol–water partition coefficient (Wildman–Crippen LogP) is 3.58. The third kappa shape index (κ3) is 2.09. The Bertz CT molecular complexity index is 502. The molecule has 0 radical (unpaired) electrons. The smallest absolute Gasteiger partial charge is 0.0546 e. The molecule has 0 saturated heterocycles. The SMILES string of the molecule is OC1CCCCC(c2c[nH]c3ccccc23)C1. The van der Waals surface area contributed by atoms with Gasteiger partial charge in [-0.1, -0.05) is 31.0 Å². The third-order valence-corrected chi connectivity index (χ3v) is 3.96. The number of aromatic amines is 1. The molecule has 1 heterocycles. The molecule has 0 spiro atoms. The van der Waals surface area contributed by atoms with Crippen LogP contribution in [0.2, 0.25) is 0 Å². The lowest BCUT2D eigenvalue weighted by Gasteiger charge is -2.15. The van der Waals surface area contributed by atoms with E-state index in [0.717, 1.165) is 12.8 Å². The van der Waals surface area contributed by atoms with Crippen molar-refractivity contribution in [2.45, 2.75) is 44.1 Å². The van der Waals surface area contributed by atoms with E-state index in [1.807, 2.05) is 0 Å². The molecular formula is C15H19NO. The maximum Gasteiger partial charge on any atom is 0.0546 e. The van der Waals surface area contributed by atoms with Gasteiger partial charge in [-0.3, -0.25) is 0 Å². The molecular weight excluding hydrogens is 210 g/mol. The van der Waals surface area contributed by atoms with Crippen LogP contribution in [-0.2, 0) is 0 Å². The number of fused-ring (bicyclic) bond motifs is 1. The number of aromatic nitrogens is 1. The first kappa shape index (κ1) is 10.8. The molecule has 90 valence electrons. The van der Waals surface area contributed by atoms with Crippen LogP contribution in [0.3, 0.4) is 0 Å². The Morgan fingerprint density at radius 3 is 2.88 bits per heavy atom. The molecule has 1 fully saturated rings. The van der Waals surface area contributed by atoms with Crippen molar-refractivity contribution >= 4 is 10.9 Å². The van der Waals surface area contributed by atoms with Crippen LogP contribution in [0.5, 0.6) is 0 Å². The Morgan fingerprint density at radius 1 is 1.12 bits per heavy atom. The van der Waals surface area contributed by atoms with Crippen LogP contribution in [0.1, 0.15) is 43.6 Å². The highest BCUT2D eigenvalue weighted by atomic mass is 16.3. The van der Waals surface area contributed by atoms with Gasteiger partial charge >= 0.3 is 0 Å². The molecule has 3 rings (SSSR count). The minimum Gasteiger partial charge on any atom is -0.393 e. The van der Waals surface area contributed by atoms with Crippen molar-refractivity contribution in [2.75, 3.05) is 0 Å². The van der Waals surface area contributed by atoms with E-state index in [-0.39, 0.29) is 6.10 Å². The number of hydrogen-bond donors (Lipinski definition) is 2. The van der Waals surface area contributed by atoms with E-state index in [2.05, 4.69) is 35.4 Å². The van der Waals surface area contributed by atoms with E-state index in [1.165, 1.54) is 35.7 Å². The van der Waals surface area contributed by atoms with Gasteiger partial charge in [0.15, 0.2) is 0 Å². The number of aliphatic hydroxyl groups is 1. The summed E-state index contributed by atoms with van der Waals surface area (Å²) in [5, 5.41) is 11.2. The molecule has 2 unspecified atom stereocenters. The Morgan fingerprint density at radius 2 is 1.94 bits per heavy atom. The number of H-pyrrole nitrogens is 1. The standard InChI is InChI=1S/C15H19NO/c17-12-6-2-1-5-11(9-12)14-10-16-15-8-4-3-7-13(14)15/h3-4,7-8,10-12,16-17H,1-2,5-6,9H2. The van der Waals surface area contributed by atoms with Crippen LogP contribution in [0, 0.1) is 0 Å². The van der Waals surface area contributed by atoms with E-state index in [4.69, 9.17) is 0 Å². The molecule has 0 amide bonds. The van der Waals surface area contributed by atoms with Gasteiger partial charge in [0.05, 0.1) is 6.10 Å². The largest absolute Gasteiger partial charge is 0.393 e. The first-order chi connectivity index (χ1) is 8.34. The maximum atomic E-state index is 9.92. The van der Waals surface area contributed by atoms with Crippen LogP contribution < -0.4 is 0 Å². The molecule has 1 aliphatic rings. The summed E-state index contributed by atoms with van der Waals surface area (Å²) in [4.78, 5) is 3.34. The molecule has 2 N–H and O–H groups in total. The first-order valence-corrected chi connectivity index (χ1v) is 6.58. The molecule has 2 nitrogen and oxygen atoms in total. The summed E-state index contributed by atoms with van der Waals surface area (Å²) >= 11 is 0. The molecule has 1 saturated carbocycles. The monoisotopic (exact) mass is 229 g/mol. The molecule has 2 atom stereocenters. The Kier molecular flexibility index (Phi) is 2.89. The van der Waals surface area contributed by atoms with Gasteiger partial charge in [0, 0.05) is 17.1 Å². The van der Waals surface area contributed by atoms with Crippen LogP contribution in [-0.4, -0.2) is 16.2 Å². The minimum absolute atomic E-state index is 0.115. The van der Waals surface area contributed by atoms with Crippen LogP contribution in [0.4, 0.5) is 0 Å². The quantitative estimate of drug-likeness (QED) is 0.720. The zero-order valence-corrected chi connectivity index (χ0v) is 10.0. The Labute approximate surface area is 102 Å². The zero-order valence-electron chi connectivity index (χ0n) is 10.0. The van der Waals surface area contributed by atoms with Crippen molar-refractivity contribution in [2.24, 2.45) is 0 Å². The van der Waals surface area contributed by atoms with Crippen LogP contribution >= 0.6 is 0 Å². The van der Waals surface area contributed by atoms with Crippen molar-refractivity contribution in [3.63, 3.8) is 0 Å². The fraction of sp³-hybridized carbons (Fsp3) is 0.467. The molecule has 17 heavy (non-hydrogen) atoms. The lowest BCUT2D eigenvalue weighted by atomic mass is 9.91. The molecule has 1 aromatic heterocycles. The average molecular weight is 229 g/mol. The summed E-state index contributed by atoms with van der Waals surface area (Å²) in [6.07, 6.45) is 7.52. The van der Waals surface area contributed by atoms with Crippen LogP contribution in [0.25, 0.3) is 10.9 Å². The second kappa shape index (κ2) is 4.53. The Balaban J connectivity index is 1.96. The minimum atomic E-state index is -0.115. The predicted molar refractivity (Wildman–Crippen MR) is 70.1 cm³/mol. The van der Waals surface area contributed by atoms with Gasteiger partial charge in [-0.2, -0.15) is 0 Å². The van der Waals surface area contributed by atoms with Gasteiger partial charge in [-0.05, 0) is 36.8 Å². The average Bonchev–Trinajstić information content (AvgIpc) is 2.66. The number of nitrogens with one attached hydrogen (secondary N) is 1. The number of para-hydroxylation sites is 1. The topological polar surface area (TPSA) is 36.0 Å². The third-order valence-electron chi connectivity index (χ3n) is 3.96. The van der Waals surface area contributed by atoms with Gasteiger partial charge in [0.1, 0.15) is 0 Å². The molecule has 1 aromatic carbocycles. The fourth-order valence-electron chi connectivity index (χ4n) is 3.05. The van der Waals surface area contributed by atoms with E-state index >= 15 is 0 Å². The maximum absolute atomic E-state index is 9.92. The lowest BCUT2D eigenvalue weighted by Crippen LogP contribution is -2.08. The van der Waals surface area contributed by atoms with Crippen LogP contribution in [0.15, 0.2) is 30.5 Å². The molecule has 2 heteroatoms. The highest BCUT2D eigenvalue weighted by molar-refractivity contribution is 5.83. The van der Waals surface area contributed by atoms with Crippen molar-refractivity contribution in [1.82, 2.24) is 4.98 Å². The zero-order chi connectivity index (χ0) is 11.7. The van der Waals surface area contributed by atoms with E-state index < -0.39 is 0 Å². The second-order valence-corrected chi connectivity index (χ2v) is 5.16. The lowest BCUT2D eigenvalue weighted by molar-refractivity contribution is 0.152. The van der Waals surface area contributed by atoms with Crippen molar-refractivity contribution in [1.29, 1.82) is 0 Å². The summed E-state index contributed by atoms with van der Waals surface area (Å²) < 4.78 is 0. The van der Waals surface area contributed by atoms with E-state index in [9.17, 15) is 5.11 Å². The van der Waals surface area contributed by atoms with Gasteiger partial charge in [-0.25, -0.2) is 0 Å². The highest BCUT2D eigenvalue weighted by Gasteiger charge is 2.21. The van der Waals surface area contributed by atoms with Gasteiger partial charge in [-0.15, -0.1) is 0 Å². The molecule has 0 aliphatic heterocycles. The van der Waals surface area contributed by atoms with E-state index in [1.54, 1.807) is 0 Å². The van der Waals surface area contributed by atoms with Gasteiger partial charge in [0.2, 0.25) is 0 Å². The number of aliphatic hydroxyl groups excluding tert-OH is 1. The molecule has 0 bridgehead atoms. The highest BCUT2D eigenvalue weighted by Crippen LogP contribution is 2.35. The normalized spacial score (nSPS) is 25.9.